The van der Waals surface area contributed by atoms with Gasteiger partial charge in [0.2, 0.25) is 5.91 Å². The lowest BCUT2D eigenvalue weighted by molar-refractivity contribution is -0.118. The van der Waals surface area contributed by atoms with Crippen LogP contribution in [0.3, 0.4) is 0 Å². The highest BCUT2D eigenvalue weighted by atomic mass is 35.5. The molecule has 0 saturated heterocycles. The highest BCUT2D eigenvalue weighted by Crippen LogP contribution is 2.40. The summed E-state index contributed by atoms with van der Waals surface area (Å²) >= 11 is 0. The van der Waals surface area contributed by atoms with Gasteiger partial charge in [-0.05, 0) is 58.5 Å². The number of nitrogens with zero attached hydrogens (tertiary/aromatic N) is 1. The molecule has 10 heteroatoms. The monoisotopic (exact) mass is 520 g/mol. The molecule has 188 valence electrons. The Balaban J connectivity index is 0.00000342. The number of amides is 1. The number of benzene rings is 3. The van der Waals surface area contributed by atoms with Crippen molar-refractivity contribution >= 4 is 39.2 Å². The maximum absolute atomic E-state index is 12.4. The minimum atomic E-state index is -4.51. The molecule has 1 aliphatic rings. The molecule has 3 aromatic carbocycles. The van der Waals surface area contributed by atoms with Gasteiger partial charge in [-0.25, -0.2) is 0 Å². The largest absolute Gasteiger partial charge is 0.493 e. The molecule has 0 saturated carbocycles. The van der Waals surface area contributed by atoms with Gasteiger partial charge in [0.15, 0.2) is 11.5 Å². The highest BCUT2D eigenvalue weighted by Gasteiger charge is 2.31. The van der Waals surface area contributed by atoms with Crippen LogP contribution in [0.25, 0.3) is 10.8 Å². The minimum Gasteiger partial charge on any atom is -0.493 e. The normalized spacial score (nSPS) is 14.6. The topological polar surface area (TPSA) is 119 Å². The Bertz CT molecular complexity index is 1350. The third-order valence-corrected chi connectivity index (χ3v) is 7.31. The van der Waals surface area contributed by atoms with Gasteiger partial charge in [-0.2, -0.15) is 8.42 Å². The predicted molar refractivity (Wildman–Crippen MR) is 136 cm³/mol. The number of rotatable bonds is 8. The number of fused-ring (bicyclic) bond motifs is 2. The molecule has 0 aliphatic carbocycles. The zero-order valence-electron chi connectivity index (χ0n) is 19.6. The Morgan fingerprint density at radius 1 is 1.09 bits per heavy atom. The van der Waals surface area contributed by atoms with Crippen molar-refractivity contribution in [2.75, 3.05) is 20.8 Å². The number of hydrogen-bond donors (Lipinski definition) is 2. The van der Waals surface area contributed by atoms with Crippen LogP contribution in [-0.4, -0.2) is 44.5 Å². The van der Waals surface area contributed by atoms with Gasteiger partial charge in [0.25, 0.3) is 10.1 Å². The van der Waals surface area contributed by atoms with E-state index in [-0.39, 0.29) is 23.7 Å². The number of primary amides is 1. The van der Waals surface area contributed by atoms with E-state index in [0.717, 1.165) is 16.5 Å². The molecular formula is C25H29ClN2O6S. The Morgan fingerprint density at radius 3 is 2.37 bits per heavy atom. The molecule has 1 heterocycles. The van der Waals surface area contributed by atoms with Crippen molar-refractivity contribution in [3.63, 3.8) is 0 Å². The van der Waals surface area contributed by atoms with E-state index in [1.54, 1.807) is 20.3 Å². The zero-order valence-corrected chi connectivity index (χ0v) is 21.2. The van der Waals surface area contributed by atoms with Gasteiger partial charge in [0.1, 0.15) is 0 Å². The van der Waals surface area contributed by atoms with Crippen LogP contribution in [-0.2, 0) is 27.9 Å². The molecule has 4 rings (SSSR count). The van der Waals surface area contributed by atoms with E-state index in [1.165, 1.54) is 6.07 Å². The van der Waals surface area contributed by atoms with Crippen LogP contribution in [0.4, 0.5) is 0 Å². The highest BCUT2D eigenvalue weighted by molar-refractivity contribution is 7.85. The van der Waals surface area contributed by atoms with Crippen LogP contribution in [0.5, 0.6) is 11.5 Å². The number of nitrogens with two attached hydrogens (primary N) is 1. The van der Waals surface area contributed by atoms with Gasteiger partial charge < -0.3 is 15.2 Å². The smallest absolute Gasteiger partial charge is 0.294 e. The van der Waals surface area contributed by atoms with Gasteiger partial charge in [-0.15, -0.1) is 12.4 Å². The molecule has 1 unspecified atom stereocenters. The van der Waals surface area contributed by atoms with Crippen LogP contribution >= 0.6 is 12.4 Å². The summed E-state index contributed by atoms with van der Waals surface area (Å²) in [6, 6.07) is 14.0. The molecule has 1 aliphatic heterocycles. The fraction of sp³-hybridized carbons (Fsp3) is 0.320. The number of carbonyl (C=O) groups is 1. The number of ether oxygens (including phenoxy) is 2. The maximum Gasteiger partial charge on any atom is 0.294 e. The number of carbonyl (C=O) groups excluding carboxylic acids is 1. The van der Waals surface area contributed by atoms with Crippen molar-refractivity contribution in [1.82, 2.24) is 4.90 Å². The molecule has 0 radical (unpaired) electrons. The van der Waals surface area contributed by atoms with Crippen molar-refractivity contribution in [2.45, 2.75) is 36.7 Å². The SMILES string of the molecule is COc1cc2c(cc1OC)CN(C(CCC(N)=O)c1c(S(=O)(=O)O)ccc3ccccc13)CC2.Cl. The molecular weight excluding hydrogens is 492 g/mol. The standard InChI is InChI=1S/C25H28N2O6S.ClH/c1-32-21-13-17-11-12-27(15-18(17)14-22(21)33-2)20(8-10-24(26)28)25-19-6-4-3-5-16(19)7-9-23(25)34(29,30)31;/h3-7,9,13-14,20H,8,10-12,15H2,1-2H3,(H2,26,28)(H,29,30,31);1H. The number of methoxy groups -OCH3 is 2. The van der Waals surface area contributed by atoms with Crippen molar-refractivity contribution in [3.05, 3.63) is 65.2 Å². The van der Waals surface area contributed by atoms with Crippen LogP contribution in [0.15, 0.2) is 53.4 Å². The lowest BCUT2D eigenvalue weighted by atomic mass is 9.91. The van der Waals surface area contributed by atoms with E-state index in [1.807, 2.05) is 36.4 Å². The second kappa shape index (κ2) is 10.8. The predicted octanol–water partition coefficient (Wildman–Crippen LogP) is 3.89. The molecule has 3 aromatic rings. The van der Waals surface area contributed by atoms with Crippen LogP contribution < -0.4 is 15.2 Å². The lowest BCUT2D eigenvalue weighted by Crippen LogP contribution is -2.35. The second-order valence-electron chi connectivity index (χ2n) is 8.39. The summed E-state index contributed by atoms with van der Waals surface area (Å²) in [6.45, 7) is 1.13. The molecule has 0 fully saturated rings. The molecule has 3 N–H and O–H groups in total. The molecule has 35 heavy (non-hydrogen) atoms. The first-order valence-electron chi connectivity index (χ1n) is 11.0. The molecule has 0 spiro atoms. The average molecular weight is 521 g/mol. The number of hydrogen-bond acceptors (Lipinski definition) is 6. The summed E-state index contributed by atoms with van der Waals surface area (Å²) in [5, 5.41) is 1.56. The van der Waals surface area contributed by atoms with E-state index < -0.39 is 22.1 Å². The van der Waals surface area contributed by atoms with Gasteiger partial charge in [0, 0.05) is 25.6 Å². The second-order valence-corrected chi connectivity index (χ2v) is 9.78. The Labute approximate surface area is 211 Å². The Kier molecular flexibility index (Phi) is 8.27. The summed E-state index contributed by atoms with van der Waals surface area (Å²) in [6.07, 6.45) is 1.09. The molecule has 0 bridgehead atoms. The maximum atomic E-state index is 12.4. The first kappa shape index (κ1) is 26.7. The third-order valence-electron chi connectivity index (χ3n) is 6.39. The van der Waals surface area contributed by atoms with E-state index in [9.17, 15) is 17.8 Å². The van der Waals surface area contributed by atoms with E-state index in [0.29, 0.717) is 48.4 Å². The van der Waals surface area contributed by atoms with Crippen molar-refractivity contribution in [2.24, 2.45) is 5.73 Å². The summed E-state index contributed by atoms with van der Waals surface area (Å²) in [5.74, 6) is 0.797. The molecule has 1 atom stereocenters. The molecule has 8 nitrogen and oxygen atoms in total. The molecule has 1 amide bonds. The van der Waals surface area contributed by atoms with Gasteiger partial charge in [0.05, 0.1) is 19.1 Å². The fourth-order valence-corrected chi connectivity index (χ4v) is 5.57. The van der Waals surface area contributed by atoms with E-state index in [4.69, 9.17) is 15.2 Å². The van der Waals surface area contributed by atoms with Crippen molar-refractivity contribution in [1.29, 1.82) is 0 Å². The Morgan fingerprint density at radius 2 is 1.74 bits per heavy atom. The number of halogens is 1. The fourth-order valence-electron chi connectivity index (χ4n) is 4.80. The summed E-state index contributed by atoms with van der Waals surface area (Å²) in [7, 11) is -1.33. The van der Waals surface area contributed by atoms with Crippen molar-refractivity contribution in [3.8, 4) is 11.5 Å². The lowest BCUT2D eigenvalue weighted by Gasteiger charge is -2.37. The van der Waals surface area contributed by atoms with E-state index >= 15 is 0 Å². The Hall–Kier alpha value is -2.85. The van der Waals surface area contributed by atoms with E-state index in [2.05, 4.69) is 4.90 Å². The van der Waals surface area contributed by atoms with Crippen molar-refractivity contribution < 1.29 is 27.2 Å². The first-order valence-corrected chi connectivity index (χ1v) is 12.4. The average Bonchev–Trinajstić information content (AvgIpc) is 2.82. The van der Waals surface area contributed by atoms with Crippen LogP contribution in [0.1, 0.15) is 35.6 Å². The van der Waals surface area contributed by atoms with Gasteiger partial charge in [-0.3, -0.25) is 14.2 Å². The zero-order chi connectivity index (χ0) is 24.5. The first-order chi connectivity index (χ1) is 16.2. The summed E-state index contributed by atoms with van der Waals surface area (Å²) < 4.78 is 45.7. The minimum absolute atomic E-state index is 0. The quantitative estimate of drug-likeness (QED) is 0.432. The van der Waals surface area contributed by atoms with Crippen LogP contribution in [0.2, 0.25) is 0 Å². The van der Waals surface area contributed by atoms with Gasteiger partial charge in [-0.1, -0.05) is 30.3 Å². The summed E-state index contributed by atoms with van der Waals surface area (Å²) in [5.41, 5.74) is 8.10. The summed E-state index contributed by atoms with van der Waals surface area (Å²) in [4.78, 5) is 13.7. The third kappa shape index (κ3) is 5.54. The molecule has 0 aromatic heterocycles. The van der Waals surface area contributed by atoms with Crippen LogP contribution in [0, 0.1) is 0 Å². The van der Waals surface area contributed by atoms with Gasteiger partial charge >= 0.3 is 0 Å².